The Hall–Kier alpha value is -3.49. The fourth-order valence-electron chi connectivity index (χ4n) is 2.54. The molecule has 9 nitrogen and oxygen atoms in total. The summed E-state index contributed by atoms with van der Waals surface area (Å²) in [4.78, 5) is 36.6. The normalized spacial score (nSPS) is 10.9. The van der Waals surface area contributed by atoms with Crippen molar-refractivity contribution in [3.05, 3.63) is 50.2 Å². The van der Waals surface area contributed by atoms with Crippen molar-refractivity contribution in [3.8, 4) is 17.2 Å². The summed E-state index contributed by atoms with van der Waals surface area (Å²) in [6.45, 7) is 0. The highest BCUT2D eigenvalue weighted by molar-refractivity contribution is 6.09. The molecule has 0 aliphatic rings. The number of carbonyl (C=O) groups is 1. The number of allylic oxidation sites excluding steroid dienone is 1. The minimum absolute atomic E-state index is 0.192. The van der Waals surface area contributed by atoms with Gasteiger partial charge in [-0.3, -0.25) is 18.7 Å². The Morgan fingerprint density at radius 2 is 1.56 bits per heavy atom. The first-order chi connectivity index (χ1) is 12.8. The number of carbonyl (C=O) groups excluding carboxylic acids is 1. The van der Waals surface area contributed by atoms with Gasteiger partial charge < -0.3 is 19.9 Å². The minimum atomic E-state index is -0.754. The summed E-state index contributed by atoms with van der Waals surface area (Å²) in [7, 11) is 7.11. The van der Waals surface area contributed by atoms with E-state index in [0.717, 1.165) is 9.13 Å². The molecule has 0 unspecified atom stereocenters. The number of methoxy groups -OCH3 is 3. The molecular weight excluding hydrogens is 354 g/mol. The predicted molar refractivity (Wildman–Crippen MR) is 101 cm³/mol. The number of nitrogens with zero attached hydrogens (tertiary/aromatic N) is 2. The third-order valence-electron chi connectivity index (χ3n) is 4.07. The van der Waals surface area contributed by atoms with Crippen molar-refractivity contribution in [1.82, 2.24) is 9.13 Å². The molecule has 2 rings (SSSR count). The maximum Gasteiger partial charge on any atom is 0.332 e. The summed E-state index contributed by atoms with van der Waals surface area (Å²) in [5, 5.41) is 0. The van der Waals surface area contributed by atoms with Crippen LogP contribution in [0.1, 0.15) is 15.9 Å². The molecule has 1 heterocycles. The Kier molecular flexibility index (Phi) is 5.74. The Morgan fingerprint density at radius 1 is 1.00 bits per heavy atom. The second-order valence-electron chi connectivity index (χ2n) is 5.62. The average molecular weight is 375 g/mol. The minimum Gasteiger partial charge on any atom is -0.493 e. The number of hydrogen-bond donors (Lipinski definition) is 1. The van der Waals surface area contributed by atoms with Crippen LogP contribution in [0, 0.1) is 0 Å². The van der Waals surface area contributed by atoms with Crippen molar-refractivity contribution >= 4 is 17.7 Å². The fraction of sp³-hybridized carbons (Fsp3) is 0.278. The number of hydrogen-bond acceptors (Lipinski definition) is 7. The third-order valence-corrected chi connectivity index (χ3v) is 4.07. The highest BCUT2D eigenvalue weighted by Gasteiger charge is 2.18. The van der Waals surface area contributed by atoms with Gasteiger partial charge >= 0.3 is 5.69 Å². The lowest BCUT2D eigenvalue weighted by atomic mass is 10.1. The molecule has 9 heteroatoms. The van der Waals surface area contributed by atoms with Crippen LogP contribution >= 0.6 is 0 Å². The lowest BCUT2D eigenvalue weighted by molar-refractivity contribution is 0.104. The van der Waals surface area contributed by atoms with Gasteiger partial charge in [0.15, 0.2) is 17.3 Å². The topological polar surface area (TPSA) is 115 Å². The number of benzene rings is 1. The van der Waals surface area contributed by atoms with Crippen LogP contribution in [0.4, 0.5) is 5.82 Å². The van der Waals surface area contributed by atoms with Crippen LogP contribution in [-0.4, -0.2) is 36.2 Å². The zero-order valence-corrected chi connectivity index (χ0v) is 15.7. The van der Waals surface area contributed by atoms with E-state index in [4.69, 9.17) is 19.9 Å². The van der Waals surface area contributed by atoms with Gasteiger partial charge in [0, 0.05) is 14.1 Å². The van der Waals surface area contributed by atoms with Crippen molar-refractivity contribution in [2.24, 2.45) is 14.1 Å². The molecule has 0 spiro atoms. The SMILES string of the molecule is COc1cc(C=CC(=O)c2c(N)n(C)c(=O)n(C)c2=O)cc(OC)c1OC. The van der Waals surface area contributed by atoms with Gasteiger partial charge in [-0.2, -0.15) is 0 Å². The summed E-state index contributed by atoms with van der Waals surface area (Å²) in [5.74, 6) is 0.433. The molecule has 2 aromatic rings. The third kappa shape index (κ3) is 3.57. The van der Waals surface area contributed by atoms with E-state index in [0.29, 0.717) is 22.8 Å². The van der Waals surface area contributed by atoms with Crippen LogP contribution in [0.15, 0.2) is 27.8 Å². The van der Waals surface area contributed by atoms with Crippen LogP contribution in [0.25, 0.3) is 6.08 Å². The standard InChI is InChI=1S/C18H21N3O6/c1-20-16(19)14(17(23)21(2)18(20)24)11(22)7-6-10-8-12(25-3)15(27-5)13(9-10)26-4/h6-9H,19H2,1-5H3. The first-order valence-electron chi connectivity index (χ1n) is 7.84. The molecule has 0 fully saturated rings. The van der Waals surface area contributed by atoms with E-state index >= 15 is 0 Å². The number of nitrogens with two attached hydrogens (primary N) is 1. The van der Waals surface area contributed by atoms with Crippen molar-refractivity contribution in [1.29, 1.82) is 0 Å². The Labute approximate surface area is 155 Å². The van der Waals surface area contributed by atoms with Gasteiger partial charge in [0.2, 0.25) is 5.75 Å². The monoisotopic (exact) mass is 375 g/mol. The second kappa shape index (κ2) is 7.81. The number of ether oxygens (including phenoxy) is 3. The number of nitrogen functional groups attached to an aromatic ring is 1. The lowest BCUT2D eigenvalue weighted by Gasteiger charge is -2.13. The lowest BCUT2D eigenvalue weighted by Crippen LogP contribution is -2.41. The molecule has 1 aromatic carbocycles. The van der Waals surface area contributed by atoms with Crippen molar-refractivity contribution in [2.75, 3.05) is 27.1 Å². The molecule has 2 N–H and O–H groups in total. The van der Waals surface area contributed by atoms with E-state index < -0.39 is 17.0 Å². The van der Waals surface area contributed by atoms with Crippen LogP contribution in [0.5, 0.6) is 17.2 Å². The molecule has 27 heavy (non-hydrogen) atoms. The van der Waals surface area contributed by atoms with Crippen LogP contribution in [0.3, 0.4) is 0 Å². The zero-order chi connectivity index (χ0) is 20.3. The average Bonchev–Trinajstić information content (AvgIpc) is 2.68. The largest absolute Gasteiger partial charge is 0.493 e. The maximum absolute atomic E-state index is 12.5. The smallest absolute Gasteiger partial charge is 0.332 e. The number of ketones is 1. The van der Waals surface area contributed by atoms with E-state index in [-0.39, 0.29) is 11.4 Å². The van der Waals surface area contributed by atoms with Crippen molar-refractivity contribution in [3.63, 3.8) is 0 Å². The second-order valence-corrected chi connectivity index (χ2v) is 5.62. The van der Waals surface area contributed by atoms with Gasteiger partial charge in [0.25, 0.3) is 5.56 Å². The molecule has 0 atom stereocenters. The van der Waals surface area contributed by atoms with Gasteiger partial charge in [0.05, 0.1) is 21.3 Å². The number of rotatable bonds is 6. The Balaban J connectivity index is 2.50. The van der Waals surface area contributed by atoms with Gasteiger partial charge in [-0.25, -0.2) is 4.79 Å². The van der Waals surface area contributed by atoms with Gasteiger partial charge in [-0.05, 0) is 23.8 Å². The van der Waals surface area contributed by atoms with E-state index in [1.54, 1.807) is 12.1 Å². The van der Waals surface area contributed by atoms with Crippen LogP contribution in [-0.2, 0) is 14.1 Å². The van der Waals surface area contributed by atoms with Crippen molar-refractivity contribution in [2.45, 2.75) is 0 Å². The number of anilines is 1. The molecule has 0 radical (unpaired) electrons. The molecule has 144 valence electrons. The molecule has 0 amide bonds. The summed E-state index contributed by atoms with van der Waals surface area (Å²) in [5.41, 5.74) is 4.73. The zero-order valence-electron chi connectivity index (χ0n) is 15.7. The van der Waals surface area contributed by atoms with Crippen LogP contribution < -0.4 is 31.2 Å². The van der Waals surface area contributed by atoms with Gasteiger partial charge in [-0.15, -0.1) is 0 Å². The quantitative estimate of drug-likeness (QED) is 0.580. The summed E-state index contributed by atoms with van der Waals surface area (Å²) in [6, 6.07) is 3.29. The molecule has 0 aliphatic heterocycles. The molecule has 0 saturated heterocycles. The molecule has 0 aliphatic carbocycles. The maximum atomic E-state index is 12.5. The number of aromatic nitrogens is 2. The summed E-state index contributed by atoms with van der Waals surface area (Å²) in [6.07, 6.45) is 2.68. The van der Waals surface area contributed by atoms with E-state index in [9.17, 15) is 14.4 Å². The molecule has 1 aromatic heterocycles. The fourth-order valence-corrected chi connectivity index (χ4v) is 2.54. The van der Waals surface area contributed by atoms with E-state index in [2.05, 4.69) is 0 Å². The highest BCUT2D eigenvalue weighted by atomic mass is 16.5. The summed E-state index contributed by atoms with van der Waals surface area (Å²) < 4.78 is 17.6. The molecule has 0 saturated carbocycles. The summed E-state index contributed by atoms with van der Waals surface area (Å²) >= 11 is 0. The van der Waals surface area contributed by atoms with E-state index in [1.165, 1.54) is 47.6 Å². The molecular formula is C18H21N3O6. The Bertz CT molecular complexity index is 1010. The molecule has 0 bridgehead atoms. The van der Waals surface area contributed by atoms with Crippen LogP contribution in [0.2, 0.25) is 0 Å². The highest BCUT2D eigenvalue weighted by Crippen LogP contribution is 2.38. The van der Waals surface area contributed by atoms with Gasteiger partial charge in [0.1, 0.15) is 11.4 Å². The Morgan fingerprint density at radius 3 is 2.04 bits per heavy atom. The van der Waals surface area contributed by atoms with E-state index in [1.807, 2.05) is 0 Å². The van der Waals surface area contributed by atoms with Gasteiger partial charge in [-0.1, -0.05) is 6.08 Å². The predicted octanol–water partition coefficient (Wildman–Crippen LogP) is 0.588. The first kappa shape index (κ1) is 19.8. The first-order valence-corrected chi connectivity index (χ1v) is 7.84. The van der Waals surface area contributed by atoms with Crippen molar-refractivity contribution < 1.29 is 19.0 Å².